The van der Waals surface area contributed by atoms with Crippen molar-refractivity contribution in [2.45, 2.75) is 248 Å². The van der Waals surface area contributed by atoms with Crippen molar-refractivity contribution in [3.05, 3.63) is 24.3 Å². The molecule has 1 aliphatic carbocycles. The van der Waals surface area contributed by atoms with E-state index in [2.05, 4.69) is 38.2 Å². The van der Waals surface area contributed by atoms with Crippen molar-refractivity contribution in [2.24, 2.45) is 0 Å². The van der Waals surface area contributed by atoms with Crippen molar-refractivity contribution in [1.29, 1.82) is 0 Å². The fraction of sp³-hybridized carbons (Fsp3) is 0.875. The largest absolute Gasteiger partial charge is 0.472 e. The molecule has 392 valence electrons. The highest BCUT2D eigenvalue weighted by atomic mass is 31.2. The first-order valence-corrected chi connectivity index (χ1v) is 26.7. The van der Waals surface area contributed by atoms with Crippen LogP contribution in [0.1, 0.15) is 174 Å². The van der Waals surface area contributed by atoms with Gasteiger partial charge in [0.05, 0.1) is 13.2 Å². The van der Waals surface area contributed by atoms with Gasteiger partial charge in [-0.25, -0.2) is 4.57 Å². The molecular formula is C48H87O18P. The number of rotatable bonds is 38. The molecule has 18 nitrogen and oxygen atoms in total. The number of aliphatic hydroxyl groups is 8. The Morgan fingerprint density at radius 2 is 1.06 bits per heavy atom. The van der Waals surface area contributed by atoms with Crippen LogP contribution in [-0.2, 0) is 42.1 Å². The molecule has 1 aliphatic heterocycles. The van der Waals surface area contributed by atoms with Gasteiger partial charge in [-0.1, -0.05) is 147 Å². The van der Waals surface area contributed by atoms with Gasteiger partial charge in [0.25, 0.3) is 0 Å². The molecule has 9 N–H and O–H groups in total. The SMILES string of the molecule is CCC/C=C\C/C=C\CCCCCCCC(=O)O[C@H](COC(=O)CCCCCCCCCCCCCCCC)COP(=O)(O)O[C@@H]1C(O)C(O)[C@@H](O)C(O)[C@H]1O[C@H]1OC(CO)[C@@H](O)C(O)[C@H]1O. The van der Waals surface area contributed by atoms with Crippen LogP contribution in [0.5, 0.6) is 0 Å². The highest BCUT2D eigenvalue weighted by Crippen LogP contribution is 2.48. The molecule has 0 aromatic rings. The van der Waals surface area contributed by atoms with Crippen LogP contribution >= 0.6 is 7.82 Å². The summed E-state index contributed by atoms with van der Waals surface area (Å²) >= 11 is 0. The van der Waals surface area contributed by atoms with Gasteiger partial charge in [-0.2, -0.15) is 0 Å². The molecule has 19 heteroatoms. The van der Waals surface area contributed by atoms with E-state index in [0.29, 0.717) is 12.8 Å². The number of esters is 2. The Bertz CT molecular complexity index is 1400. The van der Waals surface area contributed by atoms with Crippen LogP contribution in [0.2, 0.25) is 0 Å². The van der Waals surface area contributed by atoms with Gasteiger partial charge >= 0.3 is 19.8 Å². The van der Waals surface area contributed by atoms with Crippen molar-refractivity contribution in [3.8, 4) is 0 Å². The first-order valence-electron chi connectivity index (χ1n) is 25.2. The van der Waals surface area contributed by atoms with Gasteiger partial charge in [0.15, 0.2) is 12.4 Å². The quantitative estimate of drug-likeness (QED) is 0.0160. The van der Waals surface area contributed by atoms with Crippen molar-refractivity contribution in [3.63, 3.8) is 0 Å². The molecule has 0 aromatic carbocycles. The van der Waals surface area contributed by atoms with E-state index in [4.69, 9.17) is 28.0 Å². The molecule has 67 heavy (non-hydrogen) atoms. The number of allylic oxidation sites excluding steroid dienone is 4. The van der Waals surface area contributed by atoms with Crippen molar-refractivity contribution < 1.29 is 87.9 Å². The number of carbonyl (C=O) groups excluding carboxylic acids is 2. The maximum absolute atomic E-state index is 13.4. The minimum Gasteiger partial charge on any atom is -0.462 e. The standard InChI is InChI=1S/C48H87O18P/c1-3-5-7-9-11-13-15-17-19-20-22-24-26-28-30-37(50)61-33-35(63-38(51)31-29-27-25-23-21-18-16-14-12-10-8-6-4-2)34-62-67(59,60)66-47-44(57)42(55)41(54)43(56)46(47)65-48-45(58)40(53)39(52)36(32-49)64-48/h8,10,14,16,35-36,39-49,52-58H,3-7,9,11-13,15,17-34H2,1-2H3,(H,59,60)/b10-8-,16-14-/t35-,36?,39-,40?,41-,42?,43?,44?,45-,46-,47-,48-/m1/s1. The topological polar surface area (TPSA) is 289 Å². The van der Waals surface area contributed by atoms with Crippen LogP contribution < -0.4 is 0 Å². The normalized spacial score (nSPS) is 28.2. The molecule has 2 rings (SSSR count). The molecule has 0 radical (unpaired) electrons. The number of hydrogen-bond donors (Lipinski definition) is 9. The highest BCUT2D eigenvalue weighted by Gasteiger charge is 2.55. The zero-order valence-electron chi connectivity index (χ0n) is 40.2. The lowest BCUT2D eigenvalue weighted by Crippen LogP contribution is -2.67. The van der Waals surface area contributed by atoms with Crippen LogP contribution in [0.25, 0.3) is 0 Å². The summed E-state index contributed by atoms with van der Waals surface area (Å²) in [5, 5.41) is 82.9. The van der Waals surface area contributed by atoms with E-state index in [1.54, 1.807) is 0 Å². The van der Waals surface area contributed by atoms with Gasteiger partial charge < -0.3 is 64.7 Å². The average molecular weight is 983 g/mol. The summed E-state index contributed by atoms with van der Waals surface area (Å²) in [6.45, 7) is 2.15. The van der Waals surface area contributed by atoms with E-state index >= 15 is 0 Å². The predicted octanol–water partition coefficient (Wildman–Crippen LogP) is 5.49. The smallest absolute Gasteiger partial charge is 0.462 e. The second kappa shape index (κ2) is 36.1. The molecule has 1 heterocycles. The predicted molar refractivity (Wildman–Crippen MR) is 249 cm³/mol. The van der Waals surface area contributed by atoms with Crippen molar-refractivity contribution in [2.75, 3.05) is 19.8 Å². The van der Waals surface area contributed by atoms with E-state index in [-0.39, 0.29) is 12.8 Å². The minimum absolute atomic E-state index is 0.0180. The number of hydrogen-bond acceptors (Lipinski definition) is 17. The van der Waals surface area contributed by atoms with Gasteiger partial charge in [0.1, 0.15) is 67.6 Å². The molecule has 0 amide bonds. The van der Waals surface area contributed by atoms with Gasteiger partial charge in [-0.05, 0) is 38.5 Å². The summed E-state index contributed by atoms with van der Waals surface area (Å²) in [5.74, 6) is -1.23. The fourth-order valence-electron chi connectivity index (χ4n) is 7.98. The monoisotopic (exact) mass is 983 g/mol. The van der Waals surface area contributed by atoms with Crippen LogP contribution in [-0.4, -0.2) is 151 Å². The minimum atomic E-state index is -5.37. The Balaban J connectivity index is 1.96. The number of ether oxygens (including phenoxy) is 4. The molecule has 0 bridgehead atoms. The summed E-state index contributed by atoms with van der Waals surface area (Å²) in [6, 6.07) is 0. The van der Waals surface area contributed by atoms with Crippen LogP contribution in [0.15, 0.2) is 24.3 Å². The van der Waals surface area contributed by atoms with Gasteiger partial charge in [-0.3, -0.25) is 18.6 Å². The molecule has 2 aliphatic rings. The molecule has 1 saturated carbocycles. The highest BCUT2D eigenvalue weighted by molar-refractivity contribution is 7.47. The first kappa shape index (κ1) is 61.3. The Kier molecular flexibility index (Phi) is 33.0. The van der Waals surface area contributed by atoms with Crippen LogP contribution in [0, 0.1) is 0 Å². The average Bonchev–Trinajstić information content (AvgIpc) is 3.31. The fourth-order valence-corrected chi connectivity index (χ4v) is 8.94. The van der Waals surface area contributed by atoms with E-state index < -0.39 is 113 Å². The molecular weight excluding hydrogens is 895 g/mol. The Hall–Kier alpha value is -1.87. The molecule has 13 atom stereocenters. The third kappa shape index (κ3) is 25.2. The first-order chi connectivity index (χ1) is 32.2. The second-order valence-corrected chi connectivity index (χ2v) is 19.4. The van der Waals surface area contributed by atoms with E-state index in [1.165, 1.54) is 57.8 Å². The summed E-state index contributed by atoms with van der Waals surface area (Å²) in [7, 11) is -5.37. The van der Waals surface area contributed by atoms with E-state index in [1.807, 2.05) is 0 Å². The number of aliphatic hydroxyl groups excluding tert-OH is 8. The summed E-state index contributed by atoms with van der Waals surface area (Å²) < 4.78 is 45.4. The molecule has 1 saturated heterocycles. The number of phosphoric acid groups is 1. The van der Waals surface area contributed by atoms with Gasteiger partial charge in [0, 0.05) is 12.8 Å². The lowest BCUT2D eigenvalue weighted by atomic mass is 9.84. The number of unbranched alkanes of at least 4 members (excludes halogenated alkanes) is 19. The number of phosphoric ester groups is 1. The third-order valence-electron chi connectivity index (χ3n) is 12.1. The Morgan fingerprint density at radius 3 is 1.61 bits per heavy atom. The van der Waals surface area contributed by atoms with E-state index in [0.717, 1.165) is 77.0 Å². The zero-order valence-corrected chi connectivity index (χ0v) is 41.1. The summed E-state index contributed by atoms with van der Waals surface area (Å²) in [6.07, 6.45) is 9.80. The lowest BCUT2D eigenvalue weighted by Gasteiger charge is -2.47. The maximum Gasteiger partial charge on any atom is 0.472 e. The van der Waals surface area contributed by atoms with E-state index in [9.17, 15) is 59.9 Å². The van der Waals surface area contributed by atoms with Crippen LogP contribution in [0.4, 0.5) is 0 Å². The zero-order chi connectivity index (χ0) is 49.5. The van der Waals surface area contributed by atoms with Gasteiger partial charge in [-0.15, -0.1) is 0 Å². The van der Waals surface area contributed by atoms with Crippen LogP contribution in [0.3, 0.4) is 0 Å². The third-order valence-corrected chi connectivity index (χ3v) is 13.1. The lowest BCUT2D eigenvalue weighted by molar-refractivity contribution is -0.338. The Labute approximate surface area is 398 Å². The summed E-state index contributed by atoms with van der Waals surface area (Å²) in [5.41, 5.74) is 0. The van der Waals surface area contributed by atoms with Crippen molar-refractivity contribution in [1.82, 2.24) is 0 Å². The number of carbonyl (C=O) groups is 2. The second-order valence-electron chi connectivity index (χ2n) is 18.0. The maximum atomic E-state index is 13.4. The van der Waals surface area contributed by atoms with Gasteiger partial charge in [0.2, 0.25) is 0 Å². The molecule has 0 aromatic heterocycles. The Morgan fingerprint density at radius 1 is 0.567 bits per heavy atom. The van der Waals surface area contributed by atoms with Crippen molar-refractivity contribution >= 4 is 19.8 Å². The molecule has 2 fully saturated rings. The summed E-state index contributed by atoms with van der Waals surface area (Å²) in [4.78, 5) is 36.5. The molecule has 0 spiro atoms. The molecule has 6 unspecified atom stereocenters.